The Kier molecular flexibility index (Phi) is 4.31. The maximum atomic E-state index is 13.2. The quantitative estimate of drug-likeness (QED) is 0.773. The molecular weight excluding hydrogens is 335 g/mol. The molecule has 0 aliphatic carbocycles. The van der Waals surface area contributed by atoms with Crippen LogP contribution in [0.5, 0.6) is 0 Å². The summed E-state index contributed by atoms with van der Waals surface area (Å²) in [4.78, 5) is 17.0. The molecule has 1 amide bonds. The van der Waals surface area contributed by atoms with Gasteiger partial charge in [-0.05, 0) is 72.9 Å². The number of likely N-dealkylation sites (tertiary alicyclic amines) is 2. The van der Waals surface area contributed by atoms with Gasteiger partial charge in [0.15, 0.2) is 0 Å². The van der Waals surface area contributed by atoms with E-state index >= 15 is 0 Å². The lowest BCUT2D eigenvalue weighted by Gasteiger charge is -2.46. The van der Waals surface area contributed by atoms with Crippen LogP contribution in [0.15, 0.2) is 22.7 Å². The number of amides is 1. The van der Waals surface area contributed by atoms with Gasteiger partial charge in [0.1, 0.15) is 5.82 Å². The van der Waals surface area contributed by atoms with E-state index in [1.165, 1.54) is 31.5 Å². The number of carbonyl (C=O) groups excluding carboxylic acids is 1. The molecule has 21 heavy (non-hydrogen) atoms. The summed E-state index contributed by atoms with van der Waals surface area (Å²) in [5, 5.41) is 0. The predicted octanol–water partition coefficient (Wildman–Crippen LogP) is 3.14. The third kappa shape index (κ3) is 2.99. The van der Waals surface area contributed by atoms with Crippen molar-refractivity contribution in [3.05, 3.63) is 34.1 Å². The van der Waals surface area contributed by atoms with E-state index in [4.69, 9.17) is 0 Å². The Morgan fingerprint density at radius 2 is 2.14 bits per heavy atom. The topological polar surface area (TPSA) is 23.6 Å². The van der Waals surface area contributed by atoms with Crippen molar-refractivity contribution in [1.29, 1.82) is 0 Å². The Hall–Kier alpha value is -0.940. The first kappa shape index (κ1) is 15.0. The predicted molar refractivity (Wildman–Crippen MR) is 83.8 cm³/mol. The minimum Gasteiger partial charge on any atom is -0.338 e. The molecule has 0 spiro atoms. The van der Waals surface area contributed by atoms with Crippen LogP contribution in [-0.4, -0.2) is 48.4 Å². The summed E-state index contributed by atoms with van der Waals surface area (Å²) in [6, 6.07) is 4.88. The molecule has 2 aliphatic rings. The minimum absolute atomic E-state index is 0.00792. The number of hydrogen-bond donors (Lipinski definition) is 0. The summed E-state index contributed by atoms with van der Waals surface area (Å²) in [5.41, 5.74) is 0.555. The van der Waals surface area contributed by atoms with E-state index < -0.39 is 0 Å². The molecule has 5 heteroatoms. The van der Waals surface area contributed by atoms with Gasteiger partial charge in [0.2, 0.25) is 0 Å². The van der Waals surface area contributed by atoms with E-state index in [0.717, 1.165) is 19.5 Å². The third-order valence-corrected chi connectivity index (χ3v) is 5.45. The molecule has 3 nitrogen and oxygen atoms in total. The van der Waals surface area contributed by atoms with Gasteiger partial charge < -0.3 is 9.80 Å². The number of hydrogen-bond acceptors (Lipinski definition) is 2. The number of piperidine rings is 2. The molecular formula is C16H20BrFN2O. The summed E-state index contributed by atoms with van der Waals surface area (Å²) < 4.78 is 13.7. The fourth-order valence-electron chi connectivity index (χ4n) is 3.67. The first-order valence-electron chi connectivity index (χ1n) is 7.51. The van der Waals surface area contributed by atoms with Gasteiger partial charge in [-0.3, -0.25) is 4.79 Å². The molecule has 2 fully saturated rings. The van der Waals surface area contributed by atoms with Gasteiger partial charge in [-0.2, -0.15) is 0 Å². The van der Waals surface area contributed by atoms with Crippen LogP contribution in [0, 0.1) is 11.7 Å². The monoisotopic (exact) mass is 354 g/mol. The smallest absolute Gasteiger partial charge is 0.255 e. The number of fused-ring (bicyclic) bond motifs is 1. The highest BCUT2D eigenvalue weighted by Crippen LogP contribution is 2.31. The molecule has 0 saturated carbocycles. The van der Waals surface area contributed by atoms with Crippen molar-refractivity contribution in [1.82, 2.24) is 9.80 Å². The molecule has 3 rings (SSSR count). The van der Waals surface area contributed by atoms with Crippen LogP contribution in [0.25, 0.3) is 0 Å². The molecule has 2 unspecified atom stereocenters. The van der Waals surface area contributed by atoms with Gasteiger partial charge in [-0.15, -0.1) is 0 Å². The van der Waals surface area contributed by atoms with Crippen LogP contribution in [-0.2, 0) is 0 Å². The molecule has 2 saturated heterocycles. The van der Waals surface area contributed by atoms with Crippen molar-refractivity contribution >= 4 is 21.8 Å². The van der Waals surface area contributed by atoms with E-state index in [1.807, 2.05) is 4.90 Å². The summed E-state index contributed by atoms with van der Waals surface area (Å²) in [6.07, 6.45) is 3.44. The summed E-state index contributed by atoms with van der Waals surface area (Å²) in [6.45, 7) is 2.77. The molecule has 0 bridgehead atoms. The van der Waals surface area contributed by atoms with E-state index in [-0.39, 0.29) is 11.7 Å². The highest BCUT2D eigenvalue weighted by Gasteiger charge is 2.36. The third-order valence-electron chi connectivity index (χ3n) is 4.79. The van der Waals surface area contributed by atoms with Gasteiger partial charge in [-0.1, -0.05) is 0 Å². The zero-order chi connectivity index (χ0) is 15.0. The van der Waals surface area contributed by atoms with Crippen molar-refractivity contribution in [3.63, 3.8) is 0 Å². The van der Waals surface area contributed by atoms with Crippen LogP contribution in [0.1, 0.15) is 29.6 Å². The fourth-order valence-corrected chi connectivity index (χ4v) is 4.19. The molecule has 1 aromatic rings. The Morgan fingerprint density at radius 3 is 2.90 bits per heavy atom. The second kappa shape index (κ2) is 6.05. The zero-order valence-electron chi connectivity index (χ0n) is 12.2. The van der Waals surface area contributed by atoms with Crippen molar-refractivity contribution in [2.75, 3.05) is 26.7 Å². The number of nitrogens with zero attached hydrogens (tertiary/aromatic N) is 2. The first-order valence-corrected chi connectivity index (χ1v) is 8.30. The van der Waals surface area contributed by atoms with Crippen LogP contribution < -0.4 is 0 Å². The van der Waals surface area contributed by atoms with E-state index in [9.17, 15) is 9.18 Å². The van der Waals surface area contributed by atoms with E-state index in [1.54, 1.807) is 6.07 Å². The van der Waals surface area contributed by atoms with Crippen LogP contribution in [0.2, 0.25) is 0 Å². The average Bonchev–Trinajstić information content (AvgIpc) is 2.46. The highest BCUT2D eigenvalue weighted by atomic mass is 79.9. The Balaban J connectivity index is 1.74. The molecule has 0 N–H and O–H groups in total. The number of benzene rings is 1. The molecule has 1 aromatic carbocycles. The van der Waals surface area contributed by atoms with Gasteiger partial charge >= 0.3 is 0 Å². The average molecular weight is 355 g/mol. The maximum absolute atomic E-state index is 13.2. The van der Waals surface area contributed by atoms with Crippen LogP contribution >= 0.6 is 15.9 Å². The number of carbonyl (C=O) groups is 1. The number of halogens is 2. The fraction of sp³-hybridized carbons (Fsp3) is 0.562. The van der Waals surface area contributed by atoms with Crippen molar-refractivity contribution in [2.24, 2.45) is 5.92 Å². The lowest BCUT2D eigenvalue weighted by atomic mass is 9.84. The van der Waals surface area contributed by atoms with E-state index in [2.05, 4.69) is 27.9 Å². The minimum atomic E-state index is -0.328. The van der Waals surface area contributed by atoms with E-state index in [0.29, 0.717) is 22.0 Å². The SMILES string of the molecule is CN1CCCC2CN(C(=O)c3ccc(F)cc3Br)CCC21. The van der Waals surface area contributed by atoms with Crippen molar-refractivity contribution in [3.8, 4) is 0 Å². The molecule has 2 atom stereocenters. The molecule has 0 radical (unpaired) electrons. The Morgan fingerprint density at radius 1 is 1.33 bits per heavy atom. The largest absolute Gasteiger partial charge is 0.338 e. The summed E-state index contributed by atoms with van der Waals surface area (Å²) in [7, 11) is 2.19. The second-order valence-electron chi connectivity index (χ2n) is 6.11. The Labute approximate surface area is 133 Å². The first-order chi connectivity index (χ1) is 10.1. The van der Waals surface area contributed by atoms with Crippen LogP contribution in [0.3, 0.4) is 0 Å². The zero-order valence-corrected chi connectivity index (χ0v) is 13.8. The van der Waals surface area contributed by atoms with Crippen molar-refractivity contribution in [2.45, 2.75) is 25.3 Å². The molecule has 2 heterocycles. The maximum Gasteiger partial charge on any atom is 0.255 e. The van der Waals surface area contributed by atoms with Crippen molar-refractivity contribution < 1.29 is 9.18 Å². The normalized spacial score (nSPS) is 26.5. The van der Waals surface area contributed by atoms with Gasteiger partial charge in [0, 0.05) is 23.6 Å². The summed E-state index contributed by atoms with van der Waals surface area (Å²) >= 11 is 3.30. The highest BCUT2D eigenvalue weighted by molar-refractivity contribution is 9.10. The standard InChI is InChI=1S/C16H20BrFN2O/c1-19-7-2-3-11-10-20(8-6-15(11)19)16(21)13-5-4-12(18)9-14(13)17/h4-5,9,11,15H,2-3,6-8,10H2,1H3. The summed E-state index contributed by atoms with van der Waals surface area (Å²) in [5.74, 6) is 0.250. The lowest BCUT2D eigenvalue weighted by Crippen LogP contribution is -2.53. The Bertz CT molecular complexity index is 551. The second-order valence-corrected chi connectivity index (χ2v) is 6.97. The lowest BCUT2D eigenvalue weighted by molar-refractivity contribution is 0.0316. The molecule has 114 valence electrons. The van der Waals surface area contributed by atoms with Gasteiger partial charge in [0.25, 0.3) is 5.91 Å². The van der Waals surface area contributed by atoms with Crippen LogP contribution in [0.4, 0.5) is 4.39 Å². The van der Waals surface area contributed by atoms with Gasteiger partial charge in [-0.25, -0.2) is 4.39 Å². The van der Waals surface area contributed by atoms with Gasteiger partial charge in [0.05, 0.1) is 5.56 Å². The number of rotatable bonds is 1. The molecule has 0 aromatic heterocycles. The molecule has 2 aliphatic heterocycles.